The molecule has 0 fully saturated rings. The Bertz CT molecular complexity index is 169. The van der Waals surface area contributed by atoms with Crippen LogP contribution in [0.2, 0.25) is 0 Å². The number of rotatable bonds is 3. The predicted molar refractivity (Wildman–Crippen MR) is 47.0 cm³/mol. The van der Waals surface area contributed by atoms with Crippen molar-refractivity contribution in [1.82, 2.24) is 0 Å². The fourth-order valence-corrected chi connectivity index (χ4v) is 1.75. The van der Waals surface area contributed by atoms with Crippen molar-refractivity contribution in [1.29, 1.82) is 0 Å². The van der Waals surface area contributed by atoms with Crippen LogP contribution in [0.25, 0.3) is 0 Å². The van der Waals surface area contributed by atoms with Gasteiger partial charge in [-0.05, 0) is 6.92 Å². The van der Waals surface area contributed by atoms with Gasteiger partial charge in [0.15, 0.2) is 0 Å². The third-order valence-corrected chi connectivity index (χ3v) is 1.83. The molecule has 0 amide bonds. The maximum Gasteiger partial charge on any atom is 0.136 e. The van der Waals surface area contributed by atoms with E-state index in [2.05, 4.69) is 0 Å². The summed E-state index contributed by atoms with van der Waals surface area (Å²) < 4.78 is 16.0. The number of ether oxygens (including phenoxy) is 1. The molecule has 0 aromatic rings. The van der Waals surface area contributed by atoms with Crippen molar-refractivity contribution in [3.63, 3.8) is 0 Å². The van der Waals surface area contributed by atoms with Crippen molar-refractivity contribution >= 4 is 22.6 Å². The molecule has 0 heterocycles. The zero-order valence-electron chi connectivity index (χ0n) is 6.42. The zero-order valence-corrected chi connectivity index (χ0v) is 8.05. The molecule has 0 atom stereocenters. The van der Waals surface area contributed by atoms with Crippen molar-refractivity contribution in [3.8, 4) is 0 Å². The standard InChI is InChI=1S/C6H12O2S2/c1-4-8-6(9)5-10(2,3)7/h5H,4H2,1-3H3. The third-order valence-electron chi connectivity index (χ3n) is 0.667. The normalized spacial score (nSPS) is 13.3. The zero-order chi connectivity index (χ0) is 8.20. The first-order valence-electron chi connectivity index (χ1n) is 2.91. The third kappa shape index (κ3) is 6.04. The van der Waals surface area contributed by atoms with Crippen molar-refractivity contribution in [2.75, 3.05) is 19.1 Å². The van der Waals surface area contributed by atoms with Crippen LogP contribution in [0.4, 0.5) is 0 Å². The Morgan fingerprint density at radius 2 is 2.20 bits per heavy atom. The molecule has 0 rings (SSSR count). The van der Waals surface area contributed by atoms with E-state index in [1.165, 1.54) is 5.41 Å². The molecule has 2 nitrogen and oxygen atoms in total. The summed E-state index contributed by atoms with van der Waals surface area (Å²) in [5.74, 6) is 0. The minimum absolute atomic E-state index is 0.331. The molecule has 10 heavy (non-hydrogen) atoms. The lowest BCUT2D eigenvalue weighted by Crippen LogP contribution is -2.01. The first-order valence-corrected chi connectivity index (χ1v) is 5.76. The minimum atomic E-state index is -1.89. The van der Waals surface area contributed by atoms with Gasteiger partial charge in [0.2, 0.25) is 0 Å². The van der Waals surface area contributed by atoms with E-state index in [0.29, 0.717) is 11.7 Å². The summed E-state index contributed by atoms with van der Waals surface area (Å²) in [5.41, 5.74) is 0. The molecule has 0 bridgehead atoms. The van der Waals surface area contributed by atoms with Gasteiger partial charge < -0.3 is 17.4 Å². The Morgan fingerprint density at radius 3 is 2.50 bits per heavy atom. The molecule has 60 valence electrons. The van der Waals surface area contributed by atoms with Crippen LogP contribution >= 0.6 is 0 Å². The molecule has 0 unspecified atom stereocenters. The van der Waals surface area contributed by atoms with Gasteiger partial charge in [-0.3, -0.25) is 0 Å². The highest BCUT2D eigenvalue weighted by Gasteiger charge is 2.05. The van der Waals surface area contributed by atoms with Crippen LogP contribution in [0.15, 0.2) is 10.5 Å². The van der Waals surface area contributed by atoms with Gasteiger partial charge in [0.1, 0.15) is 27.9 Å². The van der Waals surface area contributed by atoms with Gasteiger partial charge in [-0.15, -0.1) is 4.21 Å². The summed E-state index contributed by atoms with van der Waals surface area (Å²) in [4.78, 5) is 0. The van der Waals surface area contributed by atoms with E-state index in [1.54, 1.807) is 12.5 Å². The van der Waals surface area contributed by atoms with Gasteiger partial charge in [-0.1, -0.05) is 0 Å². The summed E-state index contributed by atoms with van der Waals surface area (Å²) in [6.07, 6.45) is 3.25. The molecule has 0 saturated heterocycles. The highest BCUT2D eigenvalue weighted by atomic mass is 32.2. The van der Waals surface area contributed by atoms with Gasteiger partial charge in [-0.25, -0.2) is 0 Å². The van der Waals surface area contributed by atoms with Crippen molar-refractivity contribution in [3.05, 3.63) is 10.5 Å². The molecule has 0 aromatic heterocycles. The van der Waals surface area contributed by atoms with Gasteiger partial charge in [0.05, 0.1) is 6.61 Å². The van der Waals surface area contributed by atoms with Gasteiger partial charge >= 0.3 is 0 Å². The summed E-state index contributed by atoms with van der Waals surface area (Å²) in [5, 5.41) is 1.81. The second-order valence-electron chi connectivity index (χ2n) is 2.18. The van der Waals surface area contributed by atoms with E-state index >= 15 is 0 Å². The molecule has 0 N–H and O–H groups in total. The monoisotopic (exact) mass is 180 g/mol. The van der Waals surface area contributed by atoms with Crippen LogP contribution in [-0.4, -0.2) is 19.1 Å². The smallest absolute Gasteiger partial charge is 0.136 e. The van der Waals surface area contributed by atoms with E-state index in [0.717, 1.165) is 0 Å². The van der Waals surface area contributed by atoms with Crippen LogP contribution in [0.1, 0.15) is 6.92 Å². The molecule has 0 aliphatic carbocycles. The van der Waals surface area contributed by atoms with Gasteiger partial charge in [0.25, 0.3) is 0 Å². The maximum atomic E-state index is 11.0. The van der Waals surface area contributed by atoms with Crippen molar-refractivity contribution in [2.45, 2.75) is 6.92 Å². The highest BCUT2D eigenvalue weighted by Crippen LogP contribution is 2.02. The Labute approximate surface area is 68.5 Å². The van der Waals surface area contributed by atoms with E-state index in [4.69, 9.17) is 17.4 Å². The lowest BCUT2D eigenvalue weighted by Gasteiger charge is -2.10. The largest absolute Gasteiger partial charge is 0.738 e. The maximum absolute atomic E-state index is 11.0. The van der Waals surface area contributed by atoms with Crippen LogP contribution in [0.3, 0.4) is 0 Å². The van der Waals surface area contributed by atoms with Crippen LogP contribution in [0.5, 0.6) is 0 Å². The van der Waals surface area contributed by atoms with Crippen LogP contribution < -0.4 is 0 Å². The minimum Gasteiger partial charge on any atom is -0.738 e. The van der Waals surface area contributed by atoms with Gasteiger partial charge in [-0.2, -0.15) is 0 Å². The van der Waals surface area contributed by atoms with E-state index in [9.17, 15) is 4.21 Å². The molecule has 0 aliphatic heterocycles. The summed E-state index contributed by atoms with van der Waals surface area (Å²) in [6.45, 7) is 2.37. The van der Waals surface area contributed by atoms with Gasteiger partial charge in [0, 0.05) is 5.09 Å². The predicted octanol–water partition coefficient (Wildman–Crippen LogP) is 1.13. The van der Waals surface area contributed by atoms with E-state index in [-0.39, 0.29) is 0 Å². The topological polar surface area (TPSA) is 26.3 Å². The molecule has 0 aromatic carbocycles. The van der Waals surface area contributed by atoms with Crippen molar-refractivity contribution < 1.29 is 8.95 Å². The Morgan fingerprint density at radius 1 is 1.70 bits per heavy atom. The van der Waals surface area contributed by atoms with Crippen molar-refractivity contribution in [2.24, 2.45) is 0 Å². The number of hydrogen-bond donors (Lipinski definition) is 0. The SMILES string of the molecule is CCO/C([S-])=C/[S+](C)(C)=O. The lowest BCUT2D eigenvalue weighted by molar-refractivity contribution is 0.259. The second-order valence-corrected chi connectivity index (χ2v) is 5.44. The van der Waals surface area contributed by atoms with E-state index < -0.39 is 9.93 Å². The molecular formula is C6H12O2S2. The first kappa shape index (κ1) is 9.91. The average molecular weight is 180 g/mol. The molecule has 0 spiro atoms. The lowest BCUT2D eigenvalue weighted by atomic mass is 10.9. The fourth-order valence-electron chi connectivity index (χ4n) is 0.408. The molecule has 0 radical (unpaired) electrons. The summed E-state index contributed by atoms with van der Waals surface area (Å²) in [6, 6.07) is 0. The van der Waals surface area contributed by atoms with E-state index in [1.807, 2.05) is 6.92 Å². The van der Waals surface area contributed by atoms with Crippen LogP contribution in [0, 0.1) is 0 Å². The first-order chi connectivity index (χ1) is 4.45. The summed E-state index contributed by atoms with van der Waals surface area (Å²) in [7, 11) is -1.89. The van der Waals surface area contributed by atoms with Crippen LogP contribution in [-0.2, 0) is 31.5 Å². The Kier molecular flexibility index (Phi) is 3.89. The quantitative estimate of drug-likeness (QED) is 0.370. The fraction of sp³-hybridized carbons (Fsp3) is 0.667. The Hall–Kier alpha value is -0.0900. The second kappa shape index (κ2) is 3.93. The molecular weight excluding hydrogens is 168 g/mol. The average Bonchev–Trinajstić information content (AvgIpc) is 1.59. The number of hydrogen-bond acceptors (Lipinski definition) is 3. The highest BCUT2D eigenvalue weighted by molar-refractivity contribution is 8.04. The molecule has 4 heteroatoms. The Balaban J connectivity index is 4.04. The molecule has 0 aliphatic rings. The molecule has 0 saturated carbocycles. The summed E-state index contributed by atoms with van der Waals surface area (Å²) >= 11 is 4.74.